The molecule has 170 valence electrons. The van der Waals surface area contributed by atoms with E-state index in [0.29, 0.717) is 6.42 Å². The zero-order valence-electron chi connectivity index (χ0n) is 19.3. The summed E-state index contributed by atoms with van der Waals surface area (Å²) in [7, 11) is 0. The predicted molar refractivity (Wildman–Crippen MR) is 131 cm³/mol. The van der Waals surface area contributed by atoms with E-state index >= 15 is 0 Å². The van der Waals surface area contributed by atoms with Crippen LogP contribution >= 0.6 is 0 Å². The van der Waals surface area contributed by atoms with Crippen LogP contribution in [0.1, 0.15) is 161 Å². The van der Waals surface area contributed by atoms with E-state index in [9.17, 15) is 4.79 Å². The summed E-state index contributed by atoms with van der Waals surface area (Å²) in [6, 6.07) is 0. The van der Waals surface area contributed by atoms with Crippen LogP contribution in [0.25, 0.3) is 0 Å². The number of carbonyl (C=O) groups is 1. The number of carboxylic acids is 1. The summed E-state index contributed by atoms with van der Waals surface area (Å²) < 4.78 is 0. The Morgan fingerprint density at radius 2 is 0.655 bits per heavy atom. The molecule has 0 heterocycles. The first-order valence-corrected chi connectivity index (χ1v) is 13.0. The van der Waals surface area contributed by atoms with Gasteiger partial charge in [0, 0.05) is 6.42 Å². The third-order valence-corrected chi connectivity index (χ3v) is 5.99. The zero-order chi connectivity index (χ0) is 20.5. The maximum absolute atomic E-state index is 10.4. The molecule has 0 aliphatic heterocycles. The van der Waals surface area contributed by atoms with Crippen molar-refractivity contribution in [3.8, 4) is 0 Å². The third kappa shape index (κ3) is 30.4. The van der Waals surface area contributed by atoms with E-state index < -0.39 is 5.97 Å². The second kappa shape index (κ2) is 28.1. The molecule has 0 saturated carbocycles. The van der Waals surface area contributed by atoms with E-state index in [0.717, 1.165) is 12.8 Å². The van der Waals surface area contributed by atoms with Crippen LogP contribution in [0.5, 0.6) is 0 Å². The Bertz CT molecular complexity index is 307. The van der Waals surface area contributed by atoms with Crippen LogP contribution in [0.4, 0.5) is 0 Å². The maximum atomic E-state index is 10.4. The minimum absolute atomic E-state index is 0. The molecule has 0 rings (SSSR count). The molecule has 0 aromatic carbocycles. The Kier molecular flexibility index (Phi) is 30.2. The second-order valence-corrected chi connectivity index (χ2v) is 8.92. The van der Waals surface area contributed by atoms with E-state index in [4.69, 9.17) is 5.11 Å². The molecule has 0 aliphatic rings. The van der Waals surface area contributed by atoms with Gasteiger partial charge in [0.05, 0.1) is 0 Å². The van der Waals surface area contributed by atoms with E-state index in [2.05, 4.69) is 6.92 Å². The Morgan fingerprint density at radius 3 is 0.862 bits per heavy atom. The standard InChI is InChI=1S/C26H52O2.Li.H/c1-2-3-4-5-6-7-8-9-10-11-12-13-14-15-16-17-18-19-20-21-22-23-24-25-26(27)28;;/h2-25H2,1H3,(H,27,28);;. The molecule has 0 amide bonds. The molecule has 3 heteroatoms. The average molecular weight is 405 g/mol. The summed E-state index contributed by atoms with van der Waals surface area (Å²) in [5.41, 5.74) is 0. The van der Waals surface area contributed by atoms with Gasteiger partial charge in [0.15, 0.2) is 0 Å². The molecule has 2 nitrogen and oxygen atoms in total. The van der Waals surface area contributed by atoms with Gasteiger partial charge in [-0.05, 0) is 6.42 Å². The zero-order valence-corrected chi connectivity index (χ0v) is 19.3. The number of carboxylic acid groups (broad SMARTS) is 1. The van der Waals surface area contributed by atoms with Crippen LogP contribution in [-0.2, 0) is 4.79 Å². The predicted octanol–water partition coefficient (Wildman–Crippen LogP) is 8.80. The normalized spacial score (nSPS) is 10.8. The summed E-state index contributed by atoms with van der Waals surface area (Å²) in [4.78, 5) is 10.4. The van der Waals surface area contributed by atoms with Crippen LogP contribution < -0.4 is 0 Å². The fourth-order valence-electron chi connectivity index (χ4n) is 4.06. The average Bonchev–Trinajstić information content (AvgIpc) is 2.68. The topological polar surface area (TPSA) is 37.3 Å². The molecular formula is C26H53LiO2. The van der Waals surface area contributed by atoms with Crippen LogP contribution in [0.15, 0.2) is 0 Å². The molecule has 0 bridgehead atoms. The van der Waals surface area contributed by atoms with Gasteiger partial charge in [-0.25, -0.2) is 0 Å². The van der Waals surface area contributed by atoms with Crippen molar-refractivity contribution in [2.75, 3.05) is 0 Å². The second-order valence-electron chi connectivity index (χ2n) is 8.92. The third-order valence-electron chi connectivity index (χ3n) is 5.99. The first-order valence-electron chi connectivity index (χ1n) is 13.0. The molecule has 0 aliphatic carbocycles. The Morgan fingerprint density at radius 1 is 0.448 bits per heavy atom. The van der Waals surface area contributed by atoms with Crippen molar-refractivity contribution in [2.24, 2.45) is 0 Å². The minimum atomic E-state index is -0.650. The molecule has 0 aromatic rings. The Balaban J connectivity index is 0. The Labute approximate surface area is 195 Å². The van der Waals surface area contributed by atoms with Gasteiger partial charge in [-0.1, -0.05) is 148 Å². The van der Waals surface area contributed by atoms with Gasteiger partial charge in [-0.2, -0.15) is 0 Å². The van der Waals surface area contributed by atoms with Crippen molar-refractivity contribution in [3.63, 3.8) is 0 Å². The molecule has 1 N–H and O–H groups in total. The van der Waals surface area contributed by atoms with Gasteiger partial charge in [0.1, 0.15) is 0 Å². The van der Waals surface area contributed by atoms with Gasteiger partial charge >= 0.3 is 24.8 Å². The van der Waals surface area contributed by atoms with Gasteiger partial charge in [-0.15, -0.1) is 0 Å². The monoisotopic (exact) mass is 404 g/mol. The first-order chi connectivity index (χ1) is 13.8. The Hall–Kier alpha value is 0.0674. The van der Waals surface area contributed by atoms with Gasteiger partial charge in [-0.3, -0.25) is 4.79 Å². The number of hydrogen-bond donors (Lipinski definition) is 1. The van der Waals surface area contributed by atoms with Crippen molar-refractivity contribution in [2.45, 2.75) is 161 Å². The summed E-state index contributed by atoms with van der Waals surface area (Å²) >= 11 is 0. The quantitative estimate of drug-likeness (QED) is 0.129. The van der Waals surface area contributed by atoms with Crippen LogP contribution in [0.2, 0.25) is 0 Å². The van der Waals surface area contributed by atoms with E-state index in [-0.39, 0.29) is 18.9 Å². The van der Waals surface area contributed by atoms with Crippen molar-refractivity contribution in [1.82, 2.24) is 0 Å². The van der Waals surface area contributed by atoms with Crippen LogP contribution in [0.3, 0.4) is 0 Å². The van der Waals surface area contributed by atoms with Crippen molar-refractivity contribution < 1.29 is 9.90 Å². The molecule has 0 fully saturated rings. The van der Waals surface area contributed by atoms with Crippen LogP contribution in [0, 0.1) is 0 Å². The molecule has 0 atom stereocenters. The van der Waals surface area contributed by atoms with E-state index in [1.54, 1.807) is 0 Å². The van der Waals surface area contributed by atoms with Crippen molar-refractivity contribution >= 4 is 24.8 Å². The summed E-state index contributed by atoms with van der Waals surface area (Å²) in [6.45, 7) is 2.29. The van der Waals surface area contributed by atoms with E-state index in [1.807, 2.05) is 0 Å². The number of unbranched alkanes of at least 4 members (excludes halogenated alkanes) is 22. The molecule has 0 spiro atoms. The van der Waals surface area contributed by atoms with E-state index in [1.165, 1.54) is 135 Å². The van der Waals surface area contributed by atoms with Crippen molar-refractivity contribution in [1.29, 1.82) is 0 Å². The summed E-state index contributed by atoms with van der Waals surface area (Å²) in [6.07, 6.45) is 32.0. The van der Waals surface area contributed by atoms with Gasteiger partial charge in [0.2, 0.25) is 0 Å². The molecule has 0 unspecified atom stereocenters. The van der Waals surface area contributed by atoms with Crippen LogP contribution in [-0.4, -0.2) is 29.9 Å². The SMILES string of the molecule is CCCCCCCCCCCCCCCCCCCCCCCCCC(=O)O.[LiH]. The molecule has 0 radical (unpaired) electrons. The molecule has 0 aromatic heterocycles. The molecule has 29 heavy (non-hydrogen) atoms. The van der Waals surface area contributed by atoms with Crippen molar-refractivity contribution in [3.05, 3.63) is 0 Å². The first kappa shape index (κ1) is 31.3. The number of rotatable bonds is 24. The fraction of sp³-hybridized carbons (Fsp3) is 0.962. The van der Waals surface area contributed by atoms with Gasteiger partial charge < -0.3 is 5.11 Å². The van der Waals surface area contributed by atoms with Gasteiger partial charge in [0.25, 0.3) is 0 Å². The summed E-state index contributed by atoms with van der Waals surface area (Å²) in [5.74, 6) is -0.650. The number of hydrogen-bond acceptors (Lipinski definition) is 1. The molecule has 0 saturated heterocycles. The molecular weight excluding hydrogens is 351 g/mol. The number of aliphatic carboxylic acids is 1. The fourth-order valence-corrected chi connectivity index (χ4v) is 4.06. The summed E-state index contributed by atoms with van der Waals surface area (Å²) in [5, 5.41) is 8.59.